The van der Waals surface area contributed by atoms with Gasteiger partial charge >= 0.3 is 5.97 Å². The summed E-state index contributed by atoms with van der Waals surface area (Å²) < 4.78 is 0. The molecule has 0 bridgehead atoms. The minimum absolute atomic E-state index is 0.336. The summed E-state index contributed by atoms with van der Waals surface area (Å²) in [5, 5.41) is 11.7. The number of hydrogen-bond acceptors (Lipinski definition) is 4. The van der Waals surface area contributed by atoms with Gasteiger partial charge in [0, 0.05) is 0 Å². The van der Waals surface area contributed by atoms with Gasteiger partial charge in [0.1, 0.15) is 0 Å². The zero-order valence-electron chi connectivity index (χ0n) is 7.54. The van der Waals surface area contributed by atoms with E-state index in [1.165, 1.54) is 6.92 Å². The highest BCUT2D eigenvalue weighted by atomic mass is 16.4. The first-order valence-electron chi connectivity index (χ1n) is 4.29. The molecule has 0 spiro atoms. The average Bonchev–Trinajstić information content (AvgIpc) is 2.51. The molecule has 74 valence electrons. The van der Waals surface area contributed by atoms with Crippen molar-refractivity contribution in [1.82, 2.24) is 5.32 Å². The molecule has 0 aromatic rings. The lowest BCUT2D eigenvalue weighted by molar-refractivity contribution is -0.149. The summed E-state index contributed by atoms with van der Waals surface area (Å²) >= 11 is 0. The first-order valence-corrected chi connectivity index (χ1v) is 4.29. The molecular weight excluding hydrogens is 172 g/mol. The standard InChI is InChI=1S/C8H14N2O3/c1-5(9)6(11)8(7(12)13)3-2-4-10-8/h5,10H,2-4,9H2,1H3,(H,12,13)/t5-,8+/m0/s1. The third kappa shape index (κ3) is 1.57. The maximum Gasteiger partial charge on any atom is 0.331 e. The third-order valence-electron chi connectivity index (χ3n) is 2.35. The highest BCUT2D eigenvalue weighted by Gasteiger charge is 2.48. The van der Waals surface area contributed by atoms with Crippen molar-refractivity contribution in [3.8, 4) is 0 Å². The molecule has 1 aliphatic heterocycles. The summed E-state index contributed by atoms with van der Waals surface area (Å²) in [5.41, 5.74) is 3.96. The van der Waals surface area contributed by atoms with E-state index in [9.17, 15) is 9.59 Å². The molecule has 0 aromatic heterocycles. The summed E-state index contributed by atoms with van der Waals surface area (Å²) in [7, 11) is 0. The Morgan fingerprint density at radius 3 is 2.54 bits per heavy atom. The van der Waals surface area contributed by atoms with Crippen LogP contribution in [0.1, 0.15) is 19.8 Å². The Bertz CT molecular complexity index is 232. The van der Waals surface area contributed by atoms with Gasteiger partial charge in [0.25, 0.3) is 0 Å². The fourth-order valence-corrected chi connectivity index (χ4v) is 1.63. The predicted molar refractivity (Wildman–Crippen MR) is 46.3 cm³/mol. The molecule has 4 N–H and O–H groups in total. The van der Waals surface area contributed by atoms with Gasteiger partial charge in [0.2, 0.25) is 0 Å². The van der Waals surface area contributed by atoms with Gasteiger partial charge in [-0.05, 0) is 26.3 Å². The monoisotopic (exact) mass is 186 g/mol. The van der Waals surface area contributed by atoms with Gasteiger partial charge in [0.15, 0.2) is 11.3 Å². The van der Waals surface area contributed by atoms with Crippen LogP contribution in [0.2, 0.25) is 0 Å². The van der Waals surface area contributed by atoms with Crippen LogP contribution in [0.15, 0.2) is 0 Å². The molecule has 0 radical (unpaired) electrons. The Morgan fingerprint density at radius 2 is 2.23 bits per heavy atom. The van der Waals surface area contributed by atoms with E-state index in [1.807, 2.05) is 0 Å². The molecule has 1 rings (SSSR count). The minimum atomic E-state index is -1.42. The van der Waals surface area contributed by atoms with Gasteiger partial charge in [-0.15, -0.1) is 0 Å². The summed E-state index contributed by atoms with van der Waals surface area (Å²) in [6, 6.07) is -0.735. The first kappa shape index (κ1) is 10.1. The number of nitrogens with two attached hydrogens (primary N) is 1. The maximum absolute atomic E-state index is 11.5. The average molecular weight is 186 g/mol. The molecule has 1 saturated heterocycles. The molecule has 1 heterocycles. The number of carbonyl (C=O) groups is 2. The van der Waals surface area contributed by atoms with Crippen LogP contribution in [0.25, 0.3) is 0 Å². The van der Waals surface area contributed by atoms with Crippen molar-refractivity contribution in [3.05, 3.63) is 0 Å². The second-order valence-corrected chi connectivity index (χ2v) is 3.39. The van der Waals surface area contributed by atoms with Gasteiger partial charge in [-0.25, -0.2) is 4.79 Å². The molecule has 13 heavy (non-hydrogen) atoms. The molecule has 5 nitrogen and oxygen atoms in total. The normalized spacial score (nSPS) is 30.0. The Hall–Kier alpha value is -0.940. The van der Waals surface area contributed by atoms with E-state index >= 15 is 0 Å². The summed E-state index contributed by atoms with van der Waals surface area (Å²) in [6.45, 7) is 2.07. The SMILES string of the molecule is C[C@H](N)C(=O)[C@@]1(C(=O)O)CCCN1. The van der Waals surface area contributed by atoms with Crippen LogP contribution in [0.5, 0.6) is 0 Å². The maximum atomic E-state index is 11.5. The van der Waals surface area contributed by atoms with Crippen molar-refractivity contribution < 1.29 is 14.7 Å². The van der Waals surface area contributed by atoms with Crippen LogP contribution in [0, 0.1) is 0 Å². The zero-order valence-corrected chi connectivity index (χ0v) is 7.54. The highest BCUT2D eigenvalue weighted by molar-refractivity contribution is 6.10. The molecule has 1 fully saturated rings. The number of rotatable bonds is 3. The topological polar surface area (TPSA) is 92.4 Å². The number of nitrogens with one attached hydrogen (secondary N) is 1. The molecule has 0 unspecified atom stereocenters. The lowest BCUT2D eigenvalue weighted by Crippen LogP contribution is -2.59. The van der Waals surface area contributed by atoms with E-state index in [4.69, 9.17) is 10.8 Å². The van der Waals surface area contributed by atoms with Crippen molar-refractivity contribution in [2.75, 3.05) is 6.54 Å². The summed E-state index contributed by atoms with van der Waals surface area (Å²) in [5.74, 6) is -1.55. The number of aliphatic carboxylic acids is 1. The van der Waals surface area contributed by atoms with Crippen molar-refractivity contribution in [2.24, 2.45) is 5.73 Å². The van der Waals surface area contributed by atoms with Crippen LogP contribution >= 0.6 is 0 Å². The van der Waals surface area contributed by atoms with Crippen molar-refractivity contribution in [1.29, 1.82) is 0 Å². The van der Waals surface area contributed by atoms with E-state index in [1.54, 1.807) is 0 Å². The first-order chi connectivity index (χ1) is 6.00. The number of carboxylic acids is 1. The van der Waals surface area contributed by atoms with Crippen molar-refractivity contribution in [2.45, 2.75) is 31.3 Å². The van der Waals surface area contributed by atoms with Gasteiger partial charge < -0.3 is 10.8 Å². The lowest BCUT2D eigenvalue weighted by atomic mass is 9.89. The van der Waals surface area contributed by atoms with E-state index in [2.05, 4.69) is 5.32 Å². The van der Waals surface area contributed by atoms with Gasteiger partial charge in [-0.2, -0.15) is 0 Å². The zero-order chi connectivity index (χ0) is 10.1. The fraction of sp³-hybridized carbons (Fsp3) is 0.750. The smallest absolute Gasteiger partial charge is 0.331 e. The van der Waals surface area contributed by atoms with E-state index in [0.29, 0.717) is 19.4 Å². The van der Waals surface area contributed by atoms with E-state index in [0.717, 1.165) is 0 Å². The number of ketones is 1. The van der Waals surface area contributed by atoms with Crippen LogP contribution in [0.3, 0.4) is 0 Å². The summed E-state index contributed by atoms with van der Waals surface area (Å²) in [6.07, 6.45) is 1.04. The third-order valence-corrected chi connectivity index (χ3v) is 2.35. The quantitative estimate of drug-likeness (QED) is 0.497. The van der Waals surface area contributed by atoms with Crippen molar-refractivity contribution in [3.63, 3.8) is 0 Å². The van der Waals surface area contributed by atoms with E-state index < -0.39 is 23.3 Å². The Balaban J connectivity index is 2.91. The Kier molecular flexibility index (Phi) is 2.68. The van der Waals surface area contributed by atoms with Gasteiger partial charge in [0.05, 0.1) is 6.04 Å². The highest BCUT2D eigenvalue weighted by Crippen LogP contribution is 2.21. The Labute approximate surface area is 76.3 Å². The van der Waals surface area contributed by atoms with Crippen LogP contribution < -0.4 is 11.1 Å². The van der Waals surface area contributed by atoms with Crippen molar-refractivity contribution >= 4 is 11.8 Å². The largest absolute Gasteiger partial charge is 0.480 e. The molecule has 0 saturated carbocycles. The Morgan fingerprint density at radius 1 is 1.62 bits per heavy atom. The second-order valence-electron chi connectivity index (χ2n) is 3.39. The summed E-state index contributed by atoms with van der Waals surface area (Å²) in [4.78, 5) is 22.5. The second kappa shape index (κ2) is 3.43. The fourth-order valence-electron chi connectivity index (χ4n) is 1.63. The van der Waals surface area contributed by atoms with Gasteiger partial charge in [-0.3, -0.25) is 10.1 Å². The molecule has 2 atom stereocenters. The van der Waals surface area contributed by atoms with E-state index in [-0.39, 0.29) is 0 Å². The van der Waals surface area contributed by atoms with Crippen LogP contribution in [-0.2, 0) is 9.59 Å². The van der Waals surface area contributed by atoms with Crippen LogP contribution in [0.4, 0.5) is 0 Å². The predicted octanol–water partition coefficient (Wildman–Crippen LogP) is -0.890. The number of carbonyl (C=O) groups excluding carboxylic acids is 1. The number of hydrogen-bond donors (Lipinski definition) is 3. The van der Waals surface area contributed by atoms with Gasteiger partial charge in [-0.1, -0.05) is 0 Å². The molecular formula is C8H14N2O3. The number of carboxylic acid groups (broad SMARTS) is 1. The van der Waals surface area contributed by atoms with Crippen LogP contribution in [-0.4, -0.2) is 35.0 Å². The molecule has 1 aliphatic rings. The minimum Gasteiger partial charge on any atom is -0.480 e. The molecule has 0 amide bonds. The molecule has 0 aromatic carbocycles. The molecule has 5 heteroatoms. The lowest BCUT2D eigenvalue weighted by Gasteiger charge is -2.24. The molecule has 0 aliphatic carbocycles. The number of Topliss-reactive ketones (excluding diaryl/α,β-unsaturated/α-hetero) is 1.